The average molecular weight is 246 g/mol. The van der Waals surface area contributed by atoms with Gasteiger partial charge >= 0.3 is 0 Å². The van der Waals surface area contributed by atoms with Gasteiger partial charge in [0, 0.05) is 11.8 Å². The van der Waals surface area contributed by atoms with Gasteiger partial charge in [-0.1, -0.05) is 12.1 Å². The Morgan fingerprint density at radius 3 is 2.67 bits per heavy atom. The van der Waals surface area contributed by atoms with Crippen LogP contribution < -0.4 is 11.5 Å². The first-order chi connectivity index (χ1) is 8.49. The standard InChI is InChI=1S/C12H11FN4O/c1-6-2-3-7(4-9(6)13)12-16-5-8(11(15)18)10(14)17-12/h2-5H,1H3,(H2,15,18)(H2,14,16,17). The Hall–Kier alpha value is -2.50. The number of aromatic nitrogens is 2. The zero-order valence-corrected chi connectivity index (χ0v) is 9.64. The van der Waals surface area contributed by atoms with E-state index in [2.05, 4.69) is 9.97 Å². The van der Waals surface area contributed by atoms with Crippen LogP contribution in [-0.4, -0.2) is 15.9 Å². The maximum Gasteiger partial charge on any atom is 0.254 e. The lowest BCUT2D eigenvalue weighted by atomic mass is 10.1. The van der Waals surface area contributed by atoms with Crippen molar-refractivity contribution in [3.05, 3.63) is 41.3 Å². The molecule has 18 heavy (non-hydrogen) atoms. The predicted octanol–water partition coefficient (Wildman–Crippen LogP) is 1.27. The lowest BCUT2D eigenvalue weighted by Gasteiger charge is -2.05. The van der Waals surface area contributed by atoms with Gasteiger partial charge in [-0.3, -0.25) is 4.79 Å². The lowest BCUT2D eigenvalue weighted by molar-refractivity contribution is 0.100. The summed E-state index contributed by atoms with van der Waals surface area (Å²) in [5.41, 5.74) is 11.7. The molecule has 1 heterocycles. The molecule has 0 unspecified atom stereocenters. The van der Waals surface area contributed by atoms with Crippen molar-refractivity contribution in [2.45, 2.75) is 6.92 Å². The van der Waals surface area contributed by atoms with Crippen LogP contribution in [0.3, 0.4) is 0 Å². The number of amides is 1. The summed E-state index contributed by atoms with van der Waals surface area (Å²) in [4.78, 5) is 18.8. The summed E-state index contributed by atoms with van der Waals surface area (Å²) in [6, 6.07) is 4.61. The smallest absolute Gasteiger partial charge is 0.254 e. The Bertz CT molecular complexity index is 627. The number of carbonyl (C=O) groups excluding carboxylic acids is 1. The van der Waals surface area contributed by atoms with Crippen LogP contribution in [0.15, 0.2) is 24.4 Å². The number of anilines is 1. The molecule has 2 rings (SSSR count). The number of nitrogen functional groups attached to an aromatic ring is 1. The molecule has 0 spiro atoms. The van der Waals surface area contributed by atoms with Crippen molar-refractivity contribution in [2.75, 3.05) is 5.73 Å². The van der Waals surface area contributed by atoms with Gasteiger partial charge in [-0.25, -0.2) is 14.4 Å². The highest BCUT2D eigenvalue weighted by Gasteiger charge is 2.11. The molecule has 0 saturated heterocycles. The molecule has 1 aromatic carbocycles. The summed E-state index contributed by atoms with van der Waals surface area (Å²) in [5.74, 6) is -0.826. The first-order valence-electron chi connectivity index (χ1n) is 5.18. The summed E-state index contributed by atoms with van der Waals surface area (Å²) >= 11 is 0. The minimum absolute atomic E-state index is 0.0199. The number of primary amides is 1. The fourth-order valence-electron chi connectivity index (χ4n) is 1.46. The molecule has 0 saturated carbocycles. The van der Waals surface area contributed by atoms with E-state index in [1.807, 2.05) is 0 Å². The Balaban J connectivity index is 2.48. The Morgan fingerprint density at radius 2 is 2.11 bits per heavy atom. The van der Waals surface area contributed by atoms with Gasteiger partial charge in [0.15, 0.2) is 5.82 Å². The molecular formula is C12H11FN4O. The highest BCUT2D eigenvalue weighted by molar-refractivity contribution is 5.96. The second-order valence-corrected chi connectivity index (χ2v) is 3.82. The molecule has 6 heteroatoms. The van der Waals surface area contributed by atoms with Gasteiger partial charge in [-0.05, 0) is 18.6 Å². The van der Waals surface area contributed by atoms with Crippen LogP contribution in [0.5, 0.6) is 0 Å². The average Bonchev–Trinajstić information content (AvgIpc) is 2.32. The van der Waals surface area contributed by atoms with E-state index in [0.29, 0.717) is 11.1 Å². The molecule has 0 atom stereocenters. The summed E-state index contributed by atoms with van der Waals surface area (Å²) < 4.78 is 13.4. The van der Waals surface area contributed by atoms with Crippen LogP contribution in [0.25, 0.3) is 11.4 Å². The van der Waals surface area contributed by atoms with Crippen molar-refractivity contribution in [2.24, 2.45) is 5.73 Å². The van der Waals surface area contributed by atoms with Crippen LogP contribution in [0, 0.1) is 12.7 Å². The molecule has 0 aliphatic rings. The Labute approximate surface area is 103 Å². The maximum atomic E-state index is 13.4. The number of nitrogens with zero attached hydrogens (tertiary/aromatic N) is 2. The number of carbonyl (C=O) groups is 1. The van der Waals surface area contributed by atoms with Crippen molar-refractivity contribution >= 4 is 11.7 Å². The van der Waals surface area contributed by atoms with Gasteiger partial charge < -0.3 is 11.5 Å². The third-order valence-corrected chi connectivity index (χ3v) is 2.51. The Kier molecular flexibility index (Phi) is 2.93. The molecule has 5 nitrogen and oxygen atoms in total. The first kappa shape index (κ1) is 12.0. The van der Waals surface area contributed by atoms with Crippen LogP contribution in [0.4, 0.5) is 10.2 Å². The van der Waals surface area contributed by atoms with E-state index in [1.165, 1.54) is 12.3 Å². The van der Waals surface area contributed by atoms with E-state index < -0.39 is 5.91 Å². The first-order valence-corrected chi connectivity index (χ1v) is 5.18. The van der Waals surface area contributed by atoms with Crippen molar-refractivity contribution in [3.8, 4) is 11.4 Å². The van der Waals surface area contributed by atoms with Crippen LogP contribution in [0.2, 0.25) is 0 Å². The van der Waals surface area contributed by atoms with Gasteiger partial charge in [0.05, 0.1) is 5.56 Å². The second kappa shape index (κ2) is 4.40. The molecule has 0 aliphatic carbocycles. The molecule has 0 aliphatic heterocycles. The van der Waals surface area contributed by atoms with E-state index >= 15 is 0 Å². The largest absolute Gasteiger partial charge is 0.383 e. The summed E-state index contributed by atoms with van der Waals surface area (Å²) in [6.07, 6.45) is 1.23. The fourth-order valence-corrected chi connectivity index (χ4v) is 1.46. The number of halogens is 1. The second-order valence-electron chi connectivity index (χ2n) is 3.82. The van der Waals surface area contributed by atoms with Gasteiger partial charge in [0.25, 0.3) is 5.91 Å². The van der Waals surface area contributed by atoms with Crippen molar-refractivity contribution in [1.29, 1.82) is 0 Å². The third-order valence-electron chi connectivity index (χ3n) is 2.51. The minimum atomic E-state index is -0.700. The molecule has 1 amide bonds. The normalized spacial score (nSPS) is 10.3. The summed E-state index contributed by atoms with van der Waals surface area (Å²) in [7, 11) is 0. The molecule has 1 aromatic heterocycles. The summed E-state index contributed by atoms with van der Waals surface area (Å²) in [6.45, 7) is 1.66. The number of aryl methyl sites for hydroxylation is 1. The van der Waals surface area contributed by atoms with Gasteiger partial charge in [0.1, 0.15) is 11.6 Å². The topological polar surface area (TPSA) is 94.9 Å². The zero-order chi connectivity index (χ0) is 13.3. The van der Waals surface area contributed by atoms with Crippen molar-refractivity contribution in [3.63, 3.8) is 0 Å². The number of hydrogen-bond acceptors (Lipinski definition) is 4. The monoisotopic (exact) mass is 246 g/mol. The minimum Gasteiger partial charge on any atom is -0.383 e. The number of hydrogen-bond donors (Lipinski definition) is 2. The molecule has 92 valence electrons. The quantitative estimate of drug-likeness (QED) is 0.834. The third kappa shape index (κ3) is 2.13. The predicted molar refractivity (Wildman–Crippen MR) is 65.1 cm³/mol. The van der Waals surface area contributed by atoms with E-state index in [1.54, 1.807) is 19.1 Å². The van der Waals surface area contributed by atoms with Crippen LogP contribution >= 0.6 is 0 Å². The van der Waals surface area contributed by atoms with Crippen LogP contribution in [0.1, 0.15) is 15.9 Å². The number of nitrogens with two attached hydrogens (primary N) is 2. The van der Waals surface area contributed by atoms with E-state index in [9.17, 15) is 9.18 Å². The van der Waals surface area contributed by atoms with Gasteiger partial charge in [0.2, 0.25) is 0 Å². The lowest BCUT2D eigenvalue weighted by Crippen LogP contribution is -2.15. The SMILES string of the molecule is Cc1ccc(-c2ncc(C(N)=O)c(N)n2)cc1F. The van der Waals surface area contributed by atoms with Crippen LogP contribution in [-0.2, 0) is 0 Å². The maximum absolute atomic E-state index is 13.4. The molecule has 2 aromatic rings. The summed E-state index contributed by atoms with van der Waals surface area (Å²) in [5, 5.41) is 0. The molecular weight excluding hydrogens is 235 g/mol. The molecule has 0 fully saturated rings. The number of rotatable bonds is 2. The highest BCUT2D eigenvalue weighted by atomic mass is 19.1. The number of benzene rings is 1. The van der Waals surface area contributed by atoms with Crippen molar-refractivity contribution in [1.82, 2.24) is 9.97 Å². The van der Waals surface area contributed by atoms with E-state index in [-0.39, 0.29) is 23.0 Å². The van der Waals surface area contributed by atoms with E-state index in [4.69, 9.17) is 11.5 Å². The Morgan fingerprint density at radius 1 is 1.39 bits per heavy atom. The highest BCUT2D eigenvalue weighted by Crippen LogP contribution is 2.20. The fraction of sp³-hybridized carbons (Fsp3) is 0.0833. The zero-order valence-electron chi connectivity index (χ0n) is 9.64. The van der Waals surface area contributed by atoms with Gasteiger partial charge in [-0.15, -0.1) is 0 Å². The van der Waals surface area contributed by atoms with Gasteiger partial charge in [-0.2, -0.15) is 0 Å². The molecule has 0 bridgehead atoms. The molecule has 4 N–H and O–H groups in total. The van der Waals surface area contributed by atoms with Crippen molar-refractivity contribution < 1.29 is 9.18 Å². The molecule has 0 radical (unpaired) electrons. The van der Waals surface area contributed by atoms with E-state index in [0.717, 1.165) is 0 Å².